The van der Waals surface area contributed by atoms with Gasteiger partial charge in [-0.05, 0) is 12.1 Å². The van der Waals surface area contributed by atoms with Crippen LogP contribution in [-0.4, -0.2) is 41.6 Å². The van der Waals surface area contributed by atoms with E-state index in [4.69, 9.17) is 16.3 Å². The van der Waals surface area contributed by atoms with Gasteiger partial charge in [0.25, 0.3) is 0 Å². The molecule has 0 bridgehead atoms. The van der Waals surface area contributed by atoms with Crippen molar-refractivity contribution in [2.75, 3.05) is 21.2 Å². The second-order valence-corrected chi connectivity index (χ2v) is 4.97. The van der Waals surface area contributed by atoms with E-state index in [1.807, 2.05) is 22.8 Å². The Hall–Kier alpha value is -1.75. The minimum Gasteiger partial charge on any atom is -0.497 e. The molecule has 0 aliphatic carbocycles. The van der Waals surface area contributed by atoms with Crippen LogP contribution in [0.15, 0.2) is 18.2 Å². The molecule has 6 heteroatoms. The molecule has 1 amide bonds. The van der Waals surface area contributed by atoms with Crippen LogP contribution >= 0.6 is 11.6 Å². The summed E-state index contributed by atoms with van der Waals surface area (Å²) in [6.45, 7) is 0.558. The van der Waals surface area contributed by atoms with E-state index in [1.54, 1.807) is 26.1 Å². The molecule has 0 aliphatic rings. The van der Waals surface area contributed by atoms with Crippen LogP contribution in [-0.2, 0) is 17.2 Å². The summed E-state index contributed by atoms with van der Waals surface area (Å²) in [5.41, 5.74) is 1.80. The number of rotatable bonds is 5. The number of carbonyl (C=O) groups excluding carboxylic acids is 1. The van der Waals surface area contributed by atoms with Crippen molar-refractivity contribution in [3.8, 4) is 5.75 Å². The van der Waals surface area contributed by atoms with Crippen molar-refractivity contribution in [2.24, 2.45) is 0 Å². The Labute approximate surface area is 123 Å². The molecule has 1 aromatic carbocycles. The van der Waals surface area contributed by atoms with Crippen LogP contribution in [0.1, 0.15) is 12.2 Å². The monoisotopic (exact) mass is 295 g/mol. The molecule has 1 heterocycles. The lowest BCUT2D eigenvalue weighted by Gasteiger charge is -2.12. The molecular weight excluding hydrogens is 278 g/mol. The average molecular weight is 296 g/mol. The highest BCUT2D eigenvalue weighted by Crippen LogP contribution is 2.23. The van der Waals surface area contributed by atoms with Gasteiger partial charge in [0.05, 0.1) is 24.0 Å². The van der Waals surface area contributed by atoms with Gasteiger partial charge in [-0.3, -0.25) is 4.79 Å². The van der Waals surface area contributed by atoms with Crippen molar-refractivity contribution in [1.82, 2.24) is 14.5 Å². The summed E-state index contributed by atoms with van der Waals surface area (Å²) in [6, 6.07) is 5.68. The van der Waals surface area contributed by atoms with Gasteiger partial charge in [0, 0.05) is 33.1 Å². The lowest BCUT2D eigenvalue weighted by molar-refractivity contribution is -0.128. The number of hydrogen-bond donors (Lipinski definition) is 0. The molecule has 0 N–H and O–H groups in total. The highest BCUT2D eigenvalue weighted by Gasteiger charge is 2.13. The number of carbonyl (C=O) groups is 1. The van der Waals surface area contributed by atoms with Crippen LogP contribution in [0.3, 0.4) is 0 Å². The number of methoxy groups -OCH3 is 1. The first-order chi connectivity index (χ1) is 9.56. The van der Waals surface area contributed by atoms with E-state index < -0.39 is 0 Å². The maximum absolute atomic E-state index is 11.7. The van der Waals surface area contributed by atoms with Crippen LogP contribution in [0, 0.1) is 0 Å². The Balaban J connectivity index is 2.36. The number of benzene rings is 1. The number of hydrogen-bond acceptors (Lipinski definition) is 3. The maximum Gasteiger partial charge on any atom is 0.223 e. The SMILES string of the molecule is COc1ccc2nc(CCl)n(CCC(=O)N(C)C)c2c1. The Bertz CT molecular complexity index is 622. The number of fused-ring (bicyclic) bond motifs is 1. The Morgan fingerprint density at radius 3 is 2.80 bits per heavy atom. The Morgan fingerprint density at radius 1 is 1.45 bits per heavy atom. The number of imidazole rings is 1. The van der Waals surface area contributed by atoms with Gasteiger partial charge in [-0.2, -0.15) is 0 Å². The van der Waals surface area contributed by atoms with E-state index >= 15 is 0 Å². The first-order valence-corrected chi connectivity index (χ1v) is 6.89. The number of alkyl halides is 1. The zero-order valence-corrected chi connectivity index (χ0v) is 12.6. The Kier molecular flexibility index (Phi) is 4.49. The van der Waals surface area contributed by atoms with Gasteiger partial charge < -0.3 is 14.2 Å². The summed E-state index contributed by atoms with van der Waals surface area (Å²) in [5, 5.41) is 0. The molecule has 1 aromatic heterocycles. The predicted molar refractivity (Wildman–Crippen MR) is 79.2 cm³/mol. The molecule has 0 aliphatic heterocycles. The van der Waals surface area contributed by atoms with E-state index in [9.17, 15) is 4.79 Å². The summed E-state index contributed by atoms with van der Waals surface area (Å²) in [6.07, 6.45) is 0.416. The van der Waals surface area contributed by atoms with Gasteiger partial charge in [0.15, 0.2) is 0 Å². The van der Waals surface area contributed by atoms with E-state index in [2.05, 4.69) is 4.98 Å². The Morgan fingerprint density at radius 2 is 2.20 bits per heavy atom. The van der Waals surface area contributed by atoms with Crippen molar-refractivity contribution >= 4 is 28.5 Å². The van der Waals surface area contributed by atoms with Crippen LogP contribution in [0.2, 0.25) is 0 Å². The normalized spacial score (nSPS) is 10.8. The van der Waals surface area contributed by atoms with Gasteiger partial charge in [0.1, 0.15) is 11.6 Å². The number of aromatic nitrogens is 2. The maximum atomic E-state index is 11.7. The molecule has 0 fully saturated rings. The second kappa shape index (κ2) is 6.13. The molecular formula is C14H18ClN3O2. The zero-order chi connectivity index (χ0) is 14.7. The van der Waals surface area contributed by atoms with E-state index in [0.717, 1.165) is 22.6 Å². The first-order valence-electron chi connectivity index (χ1n) is 6.36. The number of amides is 1. The third-order valence-electron chi connectivity index (χ3n) is 3.20. The average Bonchev–Trinajstić information content (AvgIpc) is 2.81. The summed E-state index contributed by atoms with van der Waals surface area (Å²) >= 11 is 5.95. The molecule has 0 unspecified atom stereocenters. The molecule has 0 saturated heterocycles. The molecule has 5 nitrogen and oxygen atoms in total. The minimum atomic E-state index is 0.0790. The van der Waals surface area contributed by atoms with Gasteiger partial charge in [-0.1, -0.05) is 0 Å². The third-order valence-corrected chi connectivity index (χ3v) is 3.44. The number of halogens is 1. The first kappa shape index (κ1) is 14.7. The van der Waals surface area contributed by atoms with Gasteiger partial charge >= 0.3 is 0 Å². The van der Waals surface area contributed by atoms with Crippen LogP contribution < -0.4 is 4.74 Å². The summed E-state index contributed by atoms with van der Waals surface area (Å²) < 4.78 is 7.21. The standard InChI is InChI=1S/C14H18ClN3O2/c1-17(2)14(19)6-7-18-12-8-10(20-3)4-5-11(12)16-13(18)9-15/h4-5,8H,6-7,9H2,1-3H3. The summed E-state index contributed by atoms with van der Waals surface area (Å²) in [7, 11) is 5.12. The van der Waals surface area contributed by atoms with Crippen molar-refractivity contribution < 1.29 is 9.53 Å². The molecule has 0 atom stereocenters. The van der Waals surface area contributed by atoms with E-state index in [0.29, 0.717) is 18.8 Å². The molecule has 0 radical (unpaired) electrons. The lowest BCUT2D eigenvalue weighted by Crippen LogP contribution is -2.23. The van der Waals surface area contributed by atoms with Crippen molar-refractivity contribution in [1.29, 1.82) is 0 Å². The quantitative estimate of drug-likeness (QED) is 0.795. The summed E-state index contributed by atoms with van der Waals surface area (Å²) in [5.74, 6) is 1.92. The van der Waals surface area contributed by atoms with E-state index in [1.165, 1.54) is 0 Å². The fraction of sp³-hybridized carbons (Fsp3) is 0.429. The largest absolute Gasteiger partial charge is 0.497 e. The van der Waals surface area contributed by atoms with Crippen LogP contribution in [0.5, 0.6) is 5.75 Å². The molecule has 2 aromatic rings. The van der Waals surface area contributed by atoms with Gasteiger partial charge in [-0.25, -0.2) is 4.98 Å². The van der Waals surface area contributed by atoms with Gasteiger partial charge in [-0.15, -0.1) is 11.6 Å². The highest BCUT2D eigenvalue weighted by atomic mass is 35.5. The molecule has 0 spiro atoms. The number of ether oxygens (including phenoxy) is 1. The lowest BCUT2D eigenvalue weighted by atomic mass is 10.3. The van der Waals surface area contributed by atoms with Crippen LogP contribution in [0.4, 0.5) is 0 Å². The molecule has 20 heavy (non-hydrogen) atoms. The van der Waals surface area contributed by atoms with Crippen molar-refractivity contribution in [3.63, 3.8) is 0 Å². The number of nitrogens with zero attached hydrogens (tertiary/aromatic N) is 3. The predicted octanol–water partition coefficient (Wildman–Crippen LogP) is 2.26. The molecule has 2 rings (SSSR count). The summed E-state index contributed by atoms with van der Waals surface area (Å²) in [4.78, 5) is 17.8. The fourth-order valence-electron chi connectivity index (χ4n) is 2.06. The second-order valence-electron chi connectivity index (χ2n) is 4.71. The number of aryl methyl sites for hydroxylation is 1. The smallest absolute Gasteiger partial charge is 0.223 e. The van der Waals surface area contributed by atoms with Crippen LogP contribution in [0.25, 0.3) is 11.0 Å². The minimum absolute atomic E-state index is 0.0790. The van der Waals surface area contributed by atoms with Crippen molar-refractivity contribution in [3.05, 3.63) is 24.0 Å². The fourth-order valence-corrected chi connectivity index (χ4v) is 2.27. The van der Waals surface area contributed by atoms with Gasteiger partial charge in [0.2, 0.25) is 5.91 Å². The highest BCUT2D eigenvalue weighted by molar-refractivity contribution is 6.16. The van der Waals surface area contributed by atoms with Crippen molar-refractivity contribution in [2.45, 2.75) is 18.8 Å². The zero-order valence-electron chi connectivity index (χ0n) is 11.9. The molecule has 0 saturated carbocycles. The van der Waals surface area contributed by atoms with E-state index in [-0.39, 0.29) is 5.91 Å². The molecule has 108 valence electrons. The third kappa shape index (κ3) is 2.88. The topological polar surface area (TPSA) is 47.4 Å².